The van der Waals surface area contributed by atoms with E-state index in [0.717, 1.165) is 15.8 Å². The second-order valence-corrected chi connectivity index (χ2v) is 5.38. The predicted octanol–water partition coefficient (Wildman–Crippen LogP) is 4.17. The number of hydrogen-bond acceptors (Lipinski definition) is 2. The fourth-order valence-corrected chi connectivity index (χ4v) is 2.47. The monoisotopic (exact) mass is 351 g/mol. The first-order chi connectivity index (χ1) is 10.1. The largest absolute Gasteiger partial charge is 0.496 e. The van der Waals surface area contributed by atoms with E-state index in [1.807, 2.05) is 18.2 Å². The SMILES string of the molecule is COc1ccc(CCC(=O)Nc2ccc(F)cc2)cc1Br. The number of nitrogens with one attached hydrogen (secondary N) is 1. The predicted molar refractivity (Wildman–Crippen MR) is 84.0 cm³/mol. The summed E-state index contributed by atoms with van der Waals surface area (Å²) in [4.78, 5) is 11.8. The Bertz CT molecular complexity index is 629. The molecular weight excluding hydrogens is 337 g/mol. The molecule has 2 aromatic rings. The molecule has 5 heteroatoms. The van der Waals surface area contributed by atoms with Crippen molar-refractivity contribution in [2.75, 3.05) is 12.4 Å². The molecule has 1 N–H and O–H groups in total. The summed E-state index contributed by atoms with van der Waals surface area (Å²) >= 11 is 3.41. The second-order valence-electron chi connectivity index (χ2n) is 4.52. The molecule has 0 radical (unpaired) electrons. The van der Waals surface area contributed by atoms with Crippen LogP contribution in [0, 0.1) is 5.82 Å². The number of carbonyl (C=O) groups is 1. The van der Waals surface area contributed by atoms with Crippen molar-refractivity contribution in [3.8, 4) is 5.75 Å². The topological polar surface area (TPSA) is 38.3 Å². The second kappa shape index (κ2) is 7.22. The molecule has 0 aliphatic heterocycles. The van der Waals surface area contributed by atoms with E-state index >= 15 is 0 Å². The number of methoxy groups -OCH3 is 1. The van der Waals surface area contributed by atoms with Crippen LogP contribution in [0.25, 0.3) is 0 Å². The molecule has 0 fully saturated rings. The van der Waals surface area contributed by atoms with E-state index in [4.69, 9.17) is 4.74 Å². The van der Waals surface area contributed by atoms with Gasteiger partial charge >= 0.3 is 0 Å². The number of hydrogen-bond donors (Lipinski definition) is 1. The normalized spacial score (nSPS) is 10.2. The number of ether oxygens (including phenoxy) is 1. The van der Waals surface area contributed by atoms with Gasteiger partial charge in [0.1, 0.15) is 11.6 Å². The minimum absolute atomic E-state index is 0.103. The van der Waals surface area contributed by atoms with Crippen molar-refractivity contribution < 1.29 is 13.9 Å². The average molecular weight is 352 g/mol. The molecular formula is C16H15BrFNO2. The van der Waals surface area contributed by atoms with Gasteiger partial charge in [-0.1, -0.05) is 6.07 Å². The lowest BCUT2D eigenvalue weighted by atomic mass is 10.1. The lowest BCUT2D eigenvalue weighted by Crippen LogP contribution is -2.12. The van der Waals surface area contributed by atoms with Gasteiger partial charge in [0.15, 0.2) is 0 Å². The molecule has 0 atom stereocenters. The Balaban J connectivity index is 1.89. The Morgan fingerprint density at radius 2 is 1.95 bits per heavy atom. The van der Waals surface area contributed by atoms with Crippen LogP contribution < -0.4 is 10.1 Å². The van der Waals surface area contributed by atoms with Gasteiger partial charge in [-0.15, -0.1) is 0 Å². The molecule has 0 aliphatic rings. The summed E-state index contributed by atoms with van der Waals surface area (Å²) in [6.45, 7) is 0. The van der Waals surface area contributed by atoms with Crippen LogP contribution in [-0.2, 0) is 11.2 Å². The maximum Gasteiger partial charge on any atom is 0.224 e. The average Bonchev–Trinajstić information content (AvgIpc) is 2.48. The van der Waals surface area contributed by atoms with Crippen LogP contribution in [0.15, 0.2) is 46.9 Å². The maximum atomic E-state index is 12.8. The number of amides is 1. The third-order valence-electron chi connectivity index (χ3n) is 2.98. The van der Waals surface area contributed by atoms with E-state index in [2.05, 4.69) is 21.2 Å². The lowest BCUT2D eigenvalue weighted by molar-refractivity contribution is -0.116. The first kappa shape index (κ1) is 15.5. The first-order valence-corrected chi connectivity index (χ1v) is 7.25. The van der Waals surface area contributed by atoms with Crippen LogP contribution in [0.5, 0.6) is 5.75 Å². The highest BCUT2D eigenvalue weighted by atomic mass is 79.9. The third-order valence-corrected chi connectivity index (χ3v) is 3.60. The van der Waals surface area contributed by atoms with Crippen molar-refractivity contribution in [3.63, 3.8) is 0 Å². The minimum atomic E-state index is -0.323. The fourth-order valence-electron chi connectivity index (χ4n) is 1.88. The summed E-state index contributed by atoms with van der Waals surface area (Å²) in [7, 11) is 1.61. The van der Waals surface area contributed by atoms with Gasteiger partial charge < -0.3 is 10.1 Å². The number of rotatable bonds is 5. The Hall–Kier alpha value is -1.88. The van der Waals surface area contributed by atoms with E-state index in [1.165, 1.54) is 24.3 Å². The molecule has 0 saturated carbocycles. The van der Waals surface area contributed by atoms with E-state index in [9.17, 15) is 9.18 Å². The Kier molecular flexibility index (Phi) is 5.33. The molecule has 0 aromatic heterocycles. The van der Waals surface area contributed by atoms with Gasteiger partial charge in [0, 0.05) is 12.1 Å². The molecule has 1 amide bonds. The van der Waals surface area contributed by atoms with Gasteiger partial charge in [-0.3, -0.25) is 4.79 Å². The standard InChI is InChI=1S/C16H15BrFNO2/c1-21-15-8-2-11(10-14(15)17)3-9-16(20)19-13-6-4-12(18)5-7-13/h2,4-8,10H,3,9H2,1H3,(H,19,20). The highest BCUT2D eigenvalue weighted by molar-refractivity contribution is 9.10. The van der Waals surface area contributed by atoms with Crippen molar-refractivity contribution in [1.29, 1.82) is 0 Å². The molecule has 0 bridgehead atoms. The Labute approximate surface area is 131 Å². The summed E-state index contributed by atoms with van der Waals surface area (Å²) in [6, 6.07) is 11.4. The highest BCUT2D eigenvalue weighted by Gasteiger charge is 2.06. The van der Waals surface area contributed by atoms with Crippen molar-refractivity contribution in [2.45, 2.75) is 12.8 Å². The molecule has 21 heavy (non-hydrogen) atoms. The number of aryl methyl sites for hydroxylation is 1. The minimum Gasteiger partial charge on any atom is -0.496 e. The molecule has 0 aliphatic carbocycles. The van der Waals surface area contributed by atoms with E-state index in [-0.39, 0.29) is 11.7 Å². The van der Waals surface area contributed by atoms with Crippen LogP contribution >= 0.6 is 15.9 Å². The van der Waals surface area contributed by atoms with Gasteiger partial charge in [-0.05, 0) is 64.3 Å². The molecule has 0 saturated heterocycles. The quantitative estimate of drug-likeness (QED) is 0.877. The Morgan fingerprint density at radius 1 is 1.24 bits per heavy atom. The van der Waals surface area contributed by atoms with Crippen molar-refractivity contribution in [3.05, 3.63) is 58.3 Å². The van der Waals surface area contributed by atoms with Crippen molar-refractivity contribution in [1.82, 2.24) is 0 Å². The number of benzene rings is 2. The molecule has 2 rings (SSSR count). The van der Waals surface area contributed by atoms with E-state index in [1.54, 1.807) is 7.11 Å². The fraction of sp³-hybridized carbons (Fsp3) is 0.188. The van der Waals surface area contributed by atoms with Crippen LogP contribution in [0.4, 0.5) is 10.1 Å². The first-order valence-electron chi connectivity index (χ1n) is 6.46. The number of carbonyl (C=O) groups excluding carboxylic acids is 1. The van der Waals surface area contributed by atoms with Crippen LogP contribution in [-0.4, -0.2) is 13.0 Å². The van der Waals surface area contributed by atoms with Gasteiger partial charge in [-0.2, -0.15) is 0 Å². The molecule has 3 nitrogen and oxygen atoms in total. The Morgan fingerprint density at radius 3 is 2.57 bits per heavy atom. The van der Waals surface area contributed by atoms with Gasteiger partial charge in [-0.25, -0.2) is 4.39 Å². The van der Waals surface area contributed by atoms with Crippen LogP contribution in [0.1, 0.15) is 12.0 Å². The van der Waals surface area contributed by atoms with Crippen molar-refractivity contribution in [2.24, 2.45) is 0 Å². The number of halogens is 2. The zero-order valence-electron chi connectivity index (χ0n) is 11.5. The summed E-state index contributed by atoms with van der Waals surface area (Å²) in [6.07, 6.45) is 0.978. The van der Waals surface area contributed by atoms with E-state index < -0.39 is 0 Å². The highest BCUT2D eigenvalue weighted by Crippen LogP contribution is 2.26. The zero-order chi connectivity index (χ0) is 15.2. The van der Waals surface area contributed by atoms with Gasteiger partial charge in [0.2, 0.25) is 5.91 Å². The van der Waals surface area contributed by atoms with Gasteiger partial charge in [0.05, 0.1) is 11.6 Å². The molecule has 0 spiro atoms. The van der Waals surface area contributed by atoms with Crippen LogP contribution in [0.2, 0.25) is 0 Å². The lowest BCUT2D eigenvalue weighted by Gasteiger charge is -2.07. The zero-order valence-corrected chi connectivity index (χ0v) is 13.1. The molecule has 0 heterocycles. The molecule has 0 unspecified atom stereocenters. The summed E-state index contributed by atoms with van der Waals surface area (Å²) in [5.74, 6) is 0.333. The smallest absolute Gasteiger partial charge is 0.224 e. The van der Waals surface area contributed by atoms with Crippen LogP contribution in [0.3, 0.4) is 0 Å². The van der Waals surface area contributed by atoms with Gasteiger partial charge in [0.25, 0.3) is 0 Å². The number of anilines is 1. The summed E-state index contributed by atoms with van der Waals surface area (Å²) in [5.41, 5.74) is 1.63. The molecule has 2 aromatic carbocycles. The summed E-state index contributed by atoms with van der Waals surface area (Å²) < 4.78 is 18.8. The molecule has 110 valence electrons. The van der Waals surface area contributed by atoms with Crippen molar-refractivity contribution >= 4 is 27.5 Å². The summed E-state index contributed by atoms with van der Waals surface area (Å²) in [5, 5.41) is 2.73. The third kappa shape index (κ3) is 4.56. The maximum absolute atomic E-state index is 12.8. The van der Waals surface area contributed by atoms with E-state index in [0.29, 0.717) is 18.5 Å².